The van der Waals surface area contributed by atoms with E-state index in [1.807, 2.05) is 0 Å². The van der Waals surface area contributed by atoms with E-state index < -0.39 is 33.9 Å². The molecule has 0 radical (unpaired) electrons. The highest BCUT2D eigenvalue weighted by Gasteiger charge is 2.40. The van der Waals surface area contributed by atoms with Gasteiger partial charge < -0.3 is 0 Å². The van der Waals surface area contributed by atoms with E-state index in [-0.39, 0.29) is 0 Å². The highest BCUT2D eigenvalue weighted by atomic mass is 79.9. The lowest BCUT2D eigenvalue weighted by molar-refractivity contribution is -0.140. The Kier molecular flexibility index (Phi) is 3.48. The first-order valence-corrected chi connectivity index (χ1v) is 4.52. The molecule has 86 valence electrons. The molecule has 0 saturated carbocycles. The fourth-order valence-corrected chi connectivity index (χ4v) is 1.63. The normalized spacial score (nSPS) is 11.6. The zero-order valence-corrected chi connectivity index (χ0v) is 8.90. The summed E-state index contributed by atoms with van der Waals surface area (Å²) in [4.78, 5) is 2.95. The molecular formula is C8H2BrF5N2. The molecular weight excluding hydrogens is 299 g/mol. The van der Waals surface area contributed by atoms with Gasteiger partial charge in [0, 0.05) is 6.20 Å². The van der Waals surface area contributed by atoms with E-state index in [0.29, 0.717) is 6.20 Å². The van der Waals surface area contributed by atoms with Crippen LogP contribution in [0.2, 0.25) is 0 Å². The van der Waals surface area contributed by atoms with Crippen LogP contribution in [-0.2, 0) is 6.18 Å². The van der Waals surface area contributed by atoms with Crippen LogP contribution in [0.3, 0.4) is 0 Å². The van der Waals surface area contributed by atoms with Gasteiger partial charge in [0.1, 0.15) is 11.8 Å². The van der Waals surface area contributed by atoms with Crippen molar-refractivity contribution >= 4 is 15.9 Å². The third kappa shape index (κ3) is 2.29. The van der Waals surface area contributed by atoms with E-state index in [1.165, 1.54) is 6.07 Å². The molecule has 8 heteroatoms. The molecule has 0 fully saturated rings. The van der Waals surface area contributed by atoms with Crippen molar-refractivity contribution in [2.24, 2.45) is 0 Å². The minimum Gasteiger partial charge on any atom is -0.253 e. The summed E-state index contributed by atoms with van der Waals surface area (Å²) in [7, 11) is 0. The molecule has 0 spiro atoms. The number of nitriles is 1. The zero-order chi connectivity index (χ0) is 12.5. The molecule has 1 aromatic heterocycles. The molecule has 0 unspecified atom stereocenters. The summed E-state index contributed by atoms with van der Waals surface area (Å²) in [6.45, 7) is 0. The van der Waals surface area contributed by atoms with Crippen LogP contribution in [0.4, 0.5) is 22.0 Å². The van der Waals surface area contributed by atoms with Crippen LogP contribution in [0.25, 0.3) is 0 Å². The van der Waals surface area contributed by atoms with Gasteiger partial charge in [0.25, 0.3) is 6.43 Å². The Morgan fingerprint density at radius 2 is 1.94 bits per heavy atom. The van der Waals surface area contributed by atoms with Crippen LogP contribution in [0.5, 0.6) is 0 Å². The second-order valence-corrected chi connectivity index (χ2v) is 3.45. The number of hydrogen-bond acceptors (Lipinski definition) is 2. The van der Waals surface area contributed by atoms with Gasteiger partial charge in [-0.15, -0.1) is 0 Å². The van der Waals surface area contributed by atoms with E-state index in [9.17, 15) is 22.0 Å². The maximum atomic E-state index is 12.5. The Morgan fingerprint density at radius 3 is 2.31 bits per heavy atom. The number of hydrogen-bond donors (Lipinski definition) is 0. The van der Waals surface area contributed by atoms with Crippen LogP contribution in [0.15, 0.2) is 10.7 Å². The molecule has 0 aromatic carbocycles. The van der Waals surface area contributed by atoms with Crippen LogP contribution >= 0.6 is 15.9 Å². The van der Waals surface area contributed by atoms with Crippen molar-refractivity contribution in [3.8, 4) is 6.07 Å². The molecule has 16 heavy (non-hydrogen) atoms. The number of halogens is 6. The van der Waals surface area contributed by atoms with Crippen LogP contribution in [-0.4, -0.2) is 4.98 Å². The van der Waals surface area contributed by atoms with Crippen molar-refractivity contribution in [3.05, 3.63) is 27.5 Å². The summed E-state index contributed by atoms with van der Waals surface area (Å²) in [5, 5.41) is 8.46. The maximum absolute atomic E-state index is 12.5. The van der Waals surface area contributed by atoms with Gasteiger partial charge in [-0.2, -0.15) is 18.4 Å². The lowest BCUT2D eigenvalue weighted by Crippen LogP contribution is -2.13. The van der Waals surface area contributed by atoms with E-state index in [0.717, 1.165) is 0 Å². The third-order valence-electron chi connectivity index (χ3n) is 1.66. The molecule has 1 heterocycles. The van der Waals surface area contributed by atoms with E-state index in [1.54, 1.807) is 0 Å². The largest absolute Gasteiger partial charge is 0.419 e. The Labute approximate surface area is 94.8 Å². The summed E-state index contributed by atoms with van der Waals surface area (Å²) in [6.07, 6.45) is -7.69. The fourth-order valence-electron chi connectivity index (χ4n) is 1.02. The van der Waals surface area contributed by atoms with Crippen molar-refractivity contribution in [2.45, 2.75) is 12.6 Å². The molecule has 0 atom stereocenters. The van der Waals surface area contributed by atoms with Crippen molar-refractivity contribution in [2.75, 3.05) is 0 Å². The monoisotopic (exact) mass is 300 g/mol. The van der Waals surface area contributed by atoms with Crippen molar-refractivity contribution in [3.63, 3.8) is 0 Å². The highest BCUT2D eigenvalue weighted by molar-refractivity contribution is 9.10. The summed E-state index contributed by atoms with van der Waals surface area (Å²) < 4.78 is 61.3. The van der Waals surface area contributed by atoms with Crippen molar-refractivity contribution in [1.82, 2.24) is 4.98 Å². The second-order valence-electron chi connectivity index (χ2n) is 2.66. The van der Waals surface area contributed by atoms with Gasteiger partial charge in [-0.05, 0) is 15.9 Å². The Morgan fingerprint density at radius 1 is 1.38 bits per heavy atom. The average Bonchev–Trinajstić information content (AvgIpc) is 2.14. The predicted molar refractivity (Wildman–Crippen MR) is 46.6 cm³/mol. The minimum atomic E-state index is -5.00. The Bertz CT molecular complexity index is 449. The first-order valence-electron chi connectivity index (χ1n) is 3.73. The van der Waals surface area contributed by atoms with Crippen LogP contribution in [0, 0.1) is 11.3 Å². The maximum Gasteiger partial charge on any atom is 0.419 e. The molecule has 0 aliphatic heterocycles. The number of rotatable bonds is 1. The highest BCUT2D eigenvalue weighted by Crippen LogP contribution is 2.40. The molecule has 1 rings (SSSR count). The first-order chi connectivity index (χ1) is 7.29. The van der Waals surface area contributed by atoms with E-state index in [4.69, 9.17) is 5.26 Å². The quantitative estimate of drug-likeness (QED) is 0.742. The second kappa shape index (κ2) is 4.33. The van der Waals surface area contributed by atoms with E-state index in [2.05, 4.69) is 20.9 Å². The average molecular weight is 301 g/mol. The van der Waals surface area contributed by atoms with Gasteiger partial charge in [0.05, 0.1) is 15.6 Å². The summed E-state index contributed by atoms with van der Waals surface area (Å²) in [5.74, 6) is 0. The molecule has 2 nitrogen and oxygen atoms in total. The standard InChI is InChI=1S/C8H2BrF5N2/c9-5-3(1-15)2-16-6(7(10)11)4(5)8(12,13)14/h2,7H. The molecule has 0 aliphatic rings. The topological polar surface area (TPSA) is 36.7 Å². The number of alkyl halides is 5. The Hall–Kier alpha value is -1.23. The summed E-state index contributed by atoms with van der Waals surface area (Å²) >= 11 is 2.48. The van der Waals surface area contributed by atoms with Crippen LogP contribution in [0.1, 0.15) is 23.2 Å². The third-order valence-corrected chi connectivity index (χ3v) is 2.48. The molecule has 0 saturated heterocycles. The lowest BCUT2D eigenvalue weighted by atomic mass is 10.1. The minimum absolute atomic E-state index is 0.447. The summed E-state index contributed by atoms with van der Waals surface area (Å²) in [6, 6.07) is 1.42. The molecule has 0 aliphatic carbocycles. The van der Waals surface area contributed by atoms with E-state index >= 15 is 0 Å². The first kappa shape index (κ1) is 12.8. The Balaban J connectivity index is 3.58. The predicted octanol–water partition coefficient (Wildman–Crippen LogP) is 3.67. The van der Waals surface area contributed by atoms with Gasteiger partial charge in [-0.1, -0.05) is 0 Å². The van der Waals surface area contributed by atoms with Gasteiger partial charge in [0.2, 0.25) is 0 Å². The molecule has 1 aromatic rings. The van der Waals surface area contributed by atoms with Gasteiger partial charge >= 0.3 is 6.18 Å². The molecule has 0 bridgehead atoms. The molecule has 0 amide bonds. The van der Waals surface area contributed by atoms with Gasteiger partial charge in [-0.3, -0.25) is 4.98 Å². The van der Waals surface area contributed by atoms with Gasteiger partial charge in [-0.25, -0.2) is 8.78 Å². The van der Waals surface area contributed by atoms with Crippen molar-refractivity contribution in [1.29, 1.82) is 5.26 Å². The smallest absolute Gasteiger partial charge is 0.253 e. The van der Waals surface area contributed by atoms with Gasteiger partial charge in [0.15, 0.2) is 0 Å². The summed E-state index contributed by atoms with van der Waals surface area (Å²) in [5.41, 5.74) is -3.45. The lowest BCUT2D eigenvalue weighted by Gasteiger charge is -2.13. The SMILES string of the molecule is N#Cc1cnc(C(F)F)c(C(F)(F)F)c1Br. The van der Waals surface area contributed by atoms with Crippen LogP contribution < -0.4 is 0 Å². The zero-order valence-electron chi connectivity index (χ0n) is 7.32. The number of aromatic nitrogens is 1. The molecule has 0 N–H and O–H groups in total. The number of pyridine rings is 1. The van der Waals surface area contributed by atoms with Crippen molar-refractivity contribution < 1.29 is 22.0 Å². The fraction of sp³-hybridized carbons (Fsp3) is 0.250. The number of nitrogens with zero attached hydrogens (tertiary/aromatic N) is 2.